The molecule has 0 heterocycles. The molecule has 0 bridgehead atoms. The number of carbonyl (C=O) groups is 1. The zero-order valence-corrected chi connectivity index (χ0v) is 7.62. The lowest BCUT2D eigenvalue weighted by atomic mass is 9.89. The monoisotopic (exact) mass is 144 g/mol. The molecule has 0 radical (unpaired) electrons. The van der Waals surface area contributed by atoms with Crippen molar-refractivity contribution in [2.24, 2.45) is 5.41 Å². The van der Waals surface area contributed by atoms with Gasteiger partial charge in [0.1, 0.15) is 5.78 Å². The van der Waals surface area contributed by atoms with Crippen LogP contribution in [0.2, 0.25) is 0 Å². The van der Waals surface area contributed by atoms with Gasteiger partial charge in [0, 0.05) is 0 Å². The molecule has 0 fully saturated rings. The molecule has 1 N–H and O–H groups in total. The van der Waals surface area contributed by atoms with Crippen LogP contribution in [0.15, 0.2) is 0 Å². The molecule has 0 atom stereocenters. The van der Waals surface area contributed by atoms with Crippen LogP contribution < -0.4 is 4.90 Å². The molecule has 0 spiro atoms. The number of carbonyl (C=O) groups excluding carboxylic acids is 1. The van der Waals surface area contributed by atoms with Crippen molar-refractivity contribution < 1.29 is 9.69 Å². The van der Waals surface area contributed by atoms with Crippen LogP contribution in [0.5, 0.6) is 0 Å². The predicted octanol–water partition coefficient (Wildman–Crippen LogP) is -0.254. The standard InChI is InChI=1S/C8H17NO/c1-7(10)8(2,3)6-9(4)5/h6H2,1-5H3/p+1. The molecule has 0 aliphatic carbocycles. The zero-order chi connectivity index (χ0) is 8.36. The maximum absolute atomic E-state index is 11.0. The molecule has 0 amide bonds. The van der Waals surface area contributed by atoms with E-state index in [2.05, 4.69) is 14.1 Å². The van der Waals surface area contributed by atoms with Gasteiger partial charge in [0.05, 0.1) is 26.1 Å². The third-order valence-corrected chi connectivity index (χ3v) is 1.75. The van der Waals surface area contributed by atoms with Gasteiger partial charge < -0.3 is 4.90 Å². The SMILES string of the molecule is CC(=O)C(C)(C)C[NH+](C)C. The van der Waals surface area contributed by atoms with Crippen LogP contribution >= 0.6 is 0 Å². The van der Waals surface area contributed by atoms with Gasteiger partial charge in [-0.1, -0.05) is 0 Å². The summed E-state index contributed by atoms with van der Waals surface area (Å²) < 4.78 is 0. The molecule has 0 aliphatic rings. The highest BCUT2D eigenvalue weighted by Gasteiger charge is 2.26. The Bertz CT molecular complexity index is 127. The third-order valence-electron chi connectivity index (χ3n) is 1.75. The quantitative estimate of drug-likeness (QED) is 0.579. The highest BCUT2D eigenvalue weighted by molar-refractivity contribution is 5.81. The Morgan fingerprint density at radius 2 is 1.80 bits per heavy atom. The fourth-order valence-corrected chi connectivity index (χ4v) is 1.01. The molecule has 0 unspecified atom stereocenters. The van der Waals surface area contributed by atoms with E-state index in [1.54, 1.807) is 6.92 Å². The fraction of sp³-hybridized carbons (Fsp3) is 0.875. The second-order valence-electron chi connectivity index (χ2n) is 3.82. The number of ketones is 1. The molecular formula is C8H18NO+. The minimum absolute atomic E-state index is 0.154. The van der Waals surface area contributed by atoms with E-state index >= 15 is 0 Å². The highest BCUT2D eigenvalue weighted by atomic mass is 16.1. The summed E-state index contributed by atoms with van der Waals surface area (Å²) in [6.45, 7) is 6.54. The van der Waals surface area contributed by atoms with Gasteiger partial charge in [-0.15, -0.1) is 0 Å². The molecule has 0 aliphatic heterocycles. The lowest BCUT2D eigenvalue weighted by molar-refractivity contribution is -0.863. The molecule has 0 aromatic rings. The summed E-state index contributed by atoms with van der Waals surface area (Å²) in [4.78, 5) is 12.3. The van der Waals surface area contributed by atoms with E-state index in [4.69, 9.17) is 0 Å². The minimum atomic E-state index is -0.154. The highest BCUT2D eigenvalue weighted by Crippen LogP contribution is 2.12. The summed E-state index contributed by atoms with van der Waals surface area (Å²) in [5.74, 6) is 0.272. The largest absolute Gasteiger partial charge is 0.339 e. The van der Waals surface area contributed by atoms with Gasteiger partial charge in [0.25, 0.3) is 0 Å². The Labute approximate surface area is 63.2 Å². The van der Waals surface area contributed by atoms with Crippen molar-refractivity contribution in [1.29, 1.82) is 0 Å². The number of rotatable bonds is 3. The number of quaternary nitrogens is 1. The number of hydrogen-bond acceptors (Lipinski definition) is 1. The first-order valence-corrected chi connectivity index (χ1v) is 3.66. The van der Waals surface area contributed by atoms with Gasteiger partial charge in [-0.25, -0.2) is 0 Å². The van der Waals surface area contributed by atoms with E-state index < -0.39 is 0 Å². The van der Waals surface area contributed by atoms with Crippen molar-refractivity contribution in [1.82, 2.24) is 0 Å². The van der Waals surface area contributed by atoms with Crippen molar-refractivity contribution in [2.45, 2.75) is 20.8 Å². The normalized spacial score (nSPS) is 12.2. The van der Waals surface area contributed by atoms with Crippen molar-refractivity contribution in [2.75, 3.05) is 20.6 Å². The zero-order valence-electron chi connectivity index (χ0n) is 7.62. The average Bonchev–Trinajstić information content (AvgIpc) is 1.60. The molecule has 0 saturated carbocycles. The maximum atomic E-state index is 11.0. The fourth-order valence-electron chi connectivity index (χ4n) is 1.01. The van der Waals surface area contributed by atoms with Crippen LogP contribution in [0.4, 0.5) is 0 Å². The molecule has 2 heteroatoms. The van der Waals surface area contributed by atoms with Crippen LogP contribution in [-0.4, -0.2) is 26.4 Å². The van der Waals surface area contributed by atoms with Gasteiger partial charge in [0.2, 0.25) is 0 Å². The lowest BCUT2D eigenvalue weighted by Crippen LogP contribution is -3.07. The molecule has 60 valence electrons. The molecule has 0 saturated heterocycles. The van der Waals surface area contributed by atoms with Crippen LogP contribution in [-0.2, 0) is 4.79 Å². The number of Topliss-reactive ketones (excluding diaryl/α,β-unsaturated/α-hetero) is 1. The molecule has 0 aromatic heterocycles. The first-order valence-electron chi connectivity index (χ1n) is 3.66. The average molecular weight is 144 g/mol. The Balaban J connectivity index is 4.00. The minimum Gasteiger partial charge on any atom is -0.339 e. The van der Waals surface area contributed by atoms with Gasteiger partial charge >= 0.3 is 0 Å². The Kier molecular flexibility index (Phi) is 3.03. The van der Waals surface area contributed by atoms with E-state index in [0.717, 1.165) is 6.54 Å². The molecular weight excluding hydrogens is 126 g/mol. The Morgan fingerprint density at radius 1 is 1.40 bits per heavy atom. The van der Waals surface area contributed by atoms with Crippen molar-refractivity contribution in [3.8, 4) is 0 Å². The molecule has 2 nitrogen and oxygen atoms in total. The van der Waals surface area contributed by atoms with Crippen LogP contribution in [0.3, 0.4) is 0 Å². The van der Waals surface area contributed by atoms with E-state index in [-0.39, 0.29) is 11.2 Å². The van der Waals surface area contributed by atoms with Crippen LogP contribution in [0.25, 0.3) is 0 Å². The third kappa shape index (κ3) is 2.97. The van der Waals surface area contributed by atoms with Crippen molar-refractivity contribution in [3.63, 3.8) is 0 Å². The predicted molar refractivity (Wildman–Crippen MR) is 42.1 cm³/mol. The Morgan fingerprint density at radius 3 is 1.90 bits per heavy atom. The second-order valence-corrected chi connectivity index (χ2v) is 3.82. The first kappa shape index (κ1) is 9.63. The van der Waals surface area contributed by atoms with E-state index in [9.17, 15) is 4.79 Å². The van der Waals surface area contributed by atoms with Gasteiger partial charge in [-0.2, -0.15) is 0 Å². The van der Waals surface area contributed by atoms with E-state index in [0.29, 0.717) is 0 Å². The summed E-state index contributed by atoms with van der Waals surface area (Å²) in [7, 11) is 4.12. The van der Waals surface area contributed by atoms with Gasteiger partial charge in [0.15, 0.2) is 0 Å². The van der Waals surface area contributed by atoms with Gasteiger partial charge in [-0.05, 0) is 20.8 Å². The molecule has 0 rings (SSSR count). The lowest BCUT2D eigenvalue weighted by Gasteiger charge is -2.22. The van der Waals surface area contributed by atoms with Crippen molar-refractivity contribution in [3.05, 3.63) is 0 Å². The first-order chi connectivity index (χ1) is 4.36. The number of nitrogens with one attached hydrogen (secondary N) is 1. The van der Waals surface area contributed by atoms with Gasteiger partial charge in [-0.3, -0.25) is 4.79 Å². The molecule has 10 heavy (non-hydrogen) atoms. The smallest absolute Gasteiger partial charge is 0.141 e. The summed E-state index contributed by atoms with van der Waals surface area (Å²) >= 11 is 0. The van der Waals surface area contributed by atoms with E-state index in [1.807, 2.05) is 13.8 Å². The Hall–Kier alpha value is -0.370. The van der Waals surface area contributed by atoms with Crippen LogP contribution in [0.1, 0.15) is 20.8 Å². The topological polar surface area (TPSA) is 21.5 Å². The summed E-state index contributed by atoms with van der Waals surface area (Å²) in [5, 5.41) is 0. The summed E-state index contributed by atoms with van der Waals surface area (Å²) in [5.41, 5.74) is -0.154. The second kappa shape index (κ2) is 3.15. The van der Waals surface area contributed by atoms with E-state index in [1.165, 1.54) is 4.90 Å². The molecule has 0 aromatic carbocycles. The maximum Gasteiger partial charge on any atom is 0.141 e. The van der Waals surface area contributed by atoms with Crippen molar-refractivity contribution >= 4 is 5.78 Å². The summed E-state index contributed by atoms with van der Waals surface area (Å²) in [6.07, 6.45) is 0. The van der Waals surface area contributed by atoms with Crippen LogP contribution in [0, 0.1) is 5.41 Å². The summed E-state index contributed by atoms with van der Waals surface area (Å²) in [6, 6.07) is 0. The number of hydrogen-bond donors (Lipinski definition) is 1.